The molecule has 0 aliphatic rings. The molecule has 0 fully saturated rings. The third kappa shape index (κ3) is 6.08. The lowest BCUT2D eigenvalue weighted by Crippen LogP contribution is -2.31. The highest BCUT2D eigenvalue weighted by atomic mass is 35.5. The maximum absolute atomic E-state index is 12.0. The number of benzene rings is 2. The fraction of sp³-hybridized carbons (Fsp3) is 0.318. The van der Waals surface area contributed by atoms with Gasteiger partial charge in [0.15, 0.2) is 11.0 Å². The zero-order valence-corrected chi connectivity index (χ0v) is 18.8. The zero-order valence-electron chi connectivity index (χ0n) is 17.2. The summed E-state index contributed by atoms with van der Waals surface area (Å²) in [7, 11) is 3.98. The molecule has 0 bridgehead atoms. The van der Waals surface area contributed by atoms with Crippen LogP contribution in [0, 0.1) is 0 Å². The van der Waals surface area contributed by atoms with Crippen LogP contribution in [0.25, 0.3) is 17.1 Å². The van der Waals surface area contributed by atoms with Crippen molar-refractivity contribution in [2.45, 2.75) is 18.0 Å². The molecule has 2 aromatic carbocycles. The molecule has 8 heteroatoms. The number of likely N-dealkylation sites (N-methyl/N-ethyl adjacent to an activating group) is 1. The van der Waals surface area contributed by atoms with Crippen molar-refractivity contribution in [3.63, 3.8) is 0 Å². The maximum Gasteiger partial charge on any atom is 0.220 e. The summed E-state index contributed by atoms with van der Waals surface area (Å²) in [6.07, 6.45) is 1.26. The van der Waals surface area contributed by atoms with Crippen molar-refractivity contribution >= 4 is 29.3 Å². The molecule has 0 spiro atoms. The van der Waals surface area contributed by atoms with Crippen LogP contribution in [-0.2, 0) is 4.79 Å². The van der Waals surface area contributed by atoms with Gasteiger partial charge < -0.3 is 10.2 Å². The topological polar surface area (TPSA) is 63.1 Å². The van der Waals surface area contributed by atoms with Gasteiger partial charge in [-0.1, -0.05) is 53.7 Å². The van der Waals surface area contributed by atoms with Gasteiger partial charge >= 0.3 is 0 Å². The van der Waals surface area contributed by atoms with Gasteiger partial charge in [0.1, 0.15) is 0 Å². The summed E-state index contributed by atoms with van der Waals surface area (Å²) in [6, 6.07) is 17.6. The molecule has 158 valence electrons. The first-order valence-corrected chi connectivity index (χ1v) is 11.2. The molecule has 1 heterocycles. The normalized spacial score (nSPS) is 11.1. The largest absolute Gasteiger partial charge is 0.355 e. The molecule has 0 aliphatic heterocycles. The van der Waals surface area contributed by atoms with Gasteiger partial charge in [-0.25, -0.2) is 0 Å². The van der Waals surface area contributed by atoms with E-state index in [1.54, 1.807) is 11.8 Å². The number of rotatable bonds is 10. The van der Waals surface area contributed by atoms with E-state index < -0.39 is 0 Å². The molecule has 6 nitrogen and oxygen atoms in total. The number of aromatic nitrogens is 3. The van der Waals surface area contributed by atoms with Crippen LogP contribution in [0.2, 0.25) is 5.02 Å². The molecular formula is C22H26ClN5OS. The monoisotopic (exact) mass is 443 g/mol. The SMILES string of the molecule is CN(C)CCNC(=O)CCCSc1nnc(-c2ccccc2Cl)n1-c1ccccc1. The van der Waals surface area contributed by atoms with E-state index in [2.05, 4.69) is 15.5 Å². The minimum absolute atomic E-state index is 0.0822. The molecule has 0 radical (unpaired) electrons. The summed E-state index contributed by atoms with van der Waals surface area (Å²) in [5, 5.41) is 13.2. The van der Waals surface area contributed by atoms with E-state index in [9.17, 15) is 4.79 Å². The fourth-order valence-corrected chi connectivity index (χ4v) is 4.00. The highest BCUT2D eigenvalue weighted by molar-refractivity contribution is 7.99. The standard InChI is InChI=1S/C22H26ClN5OS/c1-27(2)15-14-24-20(29)13-8-16-30-22-26-25-21(18-11-6-7-12-19(18)23)28(22)17-9-4-3-5-10-17/h3-7,9-12H,8,13-16H2,1-2H3,(H,24,29). The minimum Gasteiger partial charge on any atom is -0.355 e. The fourth-order valence-electron chi connectivity index (χ4n) is 2.89. The van der Waals surface area contributed by atoms with Gasteiger partial charge in [0.2, 0.25) is 5.91 Å². The summed E-state index contributed by atoms with van der Waals surface area (Å²) in [6.45, 7) is 1.51. The molecule has 0 saturated carbocycles. The number of nitrogens with one attached hydrogen (secondary N) is 1. The number of halogens is 1. The predicted molar refractivity (Wildman–Crippen MR) is 123 cm³/mol. The Labute approximate surface area is 186 Å². The second-order valence-electron chi connectivity index (χ2n) is 7.06. The van der Waals surface area contributed by atoms with Crippen LogP contribution < -0.4 is 5.32 Å². The van der Waals surface area contributed by atoms with Crippen molar-refractivity contribution in [1.82, 2.24) is 25.0 Å². The number of para-hydroxylation sites is 1. The van der Waals surface area contributed by atoms with Crippen molar-refractivity contribution in [2.24, 2.45) is 0 Å². The van der Waals surface area contributed by atoms with Gasteiger partial charge in [-0.2, -0.15) is 0 Å². The first kappa shape index (κ1) is 22.3. The summed E-state index contributed by atoms with van der Waals surface area (Å²) in [5.74, 6) is 1.56. The summed E-state index contributed by atoms with van der Waals surface area (Å²) in [4.78, 5) is 14.0. The van der Waals surface area contributed by atoms with E-state index in [0.29, 0.717) is 23.8 Å². The zero-order chi connectivity index (χ0) is 21.3. The third-order valence-corrected chi connectivity index (χ3v) is 5.77. The minimum atomic E-state index is 0.0822. The Morgan fingerprint density at radius 1 is 1.10 bits per heavy atom. The van der Waals surface area contributed by atoms with Crippen molar-refractivity contribution in [3.8, 4) is 17.1 Å². The van der Waals surface area contributed by atoms with Crippen molar-refractivity contribution in [1.29, 1.82) is 0 Å². The summed E-state index contributed by atoms with van der Waals surface area (Å²) >= 11 is 8.01. The summed E-state index contributed by atoms with van der Waals surface area (Å²) < 4.78 is 2.02. The number of carbonyl (C=O) groups is 1. The number of carbonyl (C=O) groups excluding carboxylic acids is 1. The molecule has 3 aromatic rings. The van der Waals surface area contributed by atoms with Crippen molar-refractivity contribution in [3.05, 3.63) is 59.6 Å². The quantitative estimate of drug-likeness (QED) is 0.377. The Morgan fingerprint density at radius 2 is 1.83 bits per heavy atom. The second kappa shape index (κ2) is 11.2. The molecule has 1 aromatic heterocycles. The highest BCUT2D eigenvalue weighted by Crippen LogP contribution is 2.32. The Bertz CT molecular complexity index is 961. The number of amides is 1. The van der Waals surface area contributed by atoms with Gasteiger partial charge in [-0.05, 0) is 44.8 Å². The lowest BCUT2D eigenvalue weighted by atomic mass is 10.2. The first-order chi connectivity index (χ1) is 14.6. The van der Waals surface area contributed by atoms with Crippen molar-refractivity contribution < 1.29 is 4.79 Å². The predicted octanol–water partition coefficient (Wildman–Crippen LogP) is 4.14. The Kier molecular flexibility index (Phi) is 8.30. The molecule has 1 N–H and O–H groups in total. The Morgan fingerprint density at radius 3 is 2.57 bits per heavy atom. The van der Waals surface area contributed by atoms with Crippen LogP contribution in [0.1, 0.15) is 12.8 Å². The van der Waals surface area contributed by atoms with Crippen LogP contribution >= 0.6 is 23.4 Å². The van der Waals surface area contributed by atoms with Gasteiger partial charge in [0, 0.05) is 36.5 Å². The van der Waals surface area contributed by atoms with Crippen LogP contribution in [0.5, 0.6) is 0 Å². The molecule has 30 heavy (non-hydrogen) atoms. The number of hydrogen-bond acceptors (Lipinski definition) is 5. The van der Waals surface area contributed by atoms with E-state index in [4.69, 9.17) is 11.6 Å². The molecule has 0 aliphatic carbocycles. The van der Waals surface area contributed by atoms with E-state index in [1.807, 2.05) is 78.2 Å². The molecule has 0 saturated heterocycles. The smallest absolute Gasteiger partial charge is 0.220 e. The third-order valence-electron chi connectivity index (χ3n) is 4.42. The number of hydrogen-bond donors (Lipinski definition) is 1. The van der Waals surface area contributed by atoms with E-state index in [1.165, 1.54) is 0 Å². The van der Waals surface area contributed by atoms with Crippen LogP contribution in [0.3, 0.4) is 0 Å². The van der Waals surface area contributed by atoms with Gasteiger partial charge in [0.05, 0.1) is 5.02 Å². The molecule has 1 amide bonds. The van der Waals surface area contributed by atoms with E-state index in [-0.39, 0.29) is 5.91 Å². The highest BCUT2D eigenvalue weighted by Gasteiger charge is 2.17. The Balaban J connectivity index is 1.68. The van der Waals surface area contributed by atoms with Gasteiger partial charge in [0.25, 0.3) is 0 Å². The average Bonchev–Trinajstić information content (AvgIpc) is 3.15. The first-order valence-electron chi connectivity index (χ1n) is 9.86. The lowest BCUT2D eigenvalue weighted by Gasteiger charge is -2.11. The van der Waals surface area contributed by atoms with Gasteiger partial charge in [-0.3, -0.25) is 9.36 Å². The average molecular weight is 444 g/mol. The van der Waals surface area contributed by atoms with E-state index in [0.717, 1.165) is 35.1 Å². The second-order valence-corrected chi connectivity index (χ2v) is 8.53. The molecular weight excluding hydrogens is 418 g/mol. The summed E-state index contributed by atoms with van der Waals surface area (Å²) in [5.41, 5.74) is 1.81. The van der Waals surface area contributed by atoms with E-state index >= 15 is 0 Å². The number of thioether (sulfide) groups is 1. The molecule has 0 unspecified atom stereocenters. The Hall–Kier alpha value is -2.35. The lowest BCUT2D eigenvalue weighted by molar-refractivity contribution is -0.121. The van der Waals surface area contributed by atoms with Crippen LogP contribution in [-0.4, -0.2) is 58.5 Å². The molecule has 0 atom stereocenters. The number of nitrogens with zero attached hydrogens (tertiary/aromatic N) is 4. The maximum atomic E-state index is 12.0. The van der Waals surface area contributed by atoms with Gasteiger partial charge in [-0.15, -0.1) is 10.2 Å². The van der Waals surface area contributed by atoms with Crippen LogP contribution in [0.4, 0.5) is 0 Å². The van der Waals surface area contributed by atoms with Crippen molar-refractivity contribution in [2.75, 3.05) is 32.9 Å². The van der Waals surface area contributed by atoms with Crippen LogP contribution in [0.15, 0.2) is 59.8 Å². The molecule has 3 rings (SSSR count).